The number of hydrogen-bond acceptors (Lipinski definition) is 3. The molecule has 5 nitrogen and oxygen atoms in total. The molecule has 31 heavy (non-hydrogen) atoms. The van der Waals surface area contributed by atoms with Crippen LogP contribution in [-0.4, -0.2) is 34.0 Å². The quantitative estimate of drug-likeness (QED) is 0.489. The number of carbonyl (C=O) groups is 1. The van der Waals surface area contributed by atoms with Crippen molar-refractivity contribution in [2.75, 3.05) is 13.7 Å². The highest BCUT2D eigenvalue weighted by Crippen LogP contribution is 2.31. The van der Waals surface area contributed by atoms with Crippen molar-refractivity contribution in [3.05, 3.63) is 82.4 Å². The summed E-state index contributed by atoms with van der Waals surface area (Å²) in [6.07, 6.45) is 7.42. The Hall–Kier alpha value is -3.05. The molecule has 0 radical (unpaired) electrons. The average Bonchev–Trinajstić information content (AvgIpc) is 3.21. The van der Waals surface area contributed by atoms with E-state index in [1.54, 1.807) is 13.4 Å². The number of halogens is 1. The summed E-state index contributed by atoms with van der Waals surface area (Å²) in [4.78, 5) is 19.5. The topological polar surface area (TPSA) is 47.4 Å². The maximum absolute atomic E-state index is 13.2. The van der Waals surface area contributed by atoms with E-state index in [-0.39, 0.29) is 11.9 Å². The molecule has 1 aliphatic rings. The van der Waals surface area contributed by atoms with Gasteiger partial charge < -0.3 is 14.2 Å². The fraction of sp³-hybridized carbons (Fsp3) is 0.280. The highest BCUT2D eigenvalue weighted by Gasteiger charge is 2.27. The van der Waals surface area contributed by atoms with Gasteiger partial charge in [-0.05, 0) is 68.2 Å². The van der Waals surface area contributed by atoms with Crippen LogP contribution < -0.4 is 4.74 Å². The highest BCUT2D eigenvalue weighted by molar-refractivity contribution is 6.30. The number of nitrogens with zero attached hydrogens (tertiary/aromatic N) is 3. The third-order valence-electron chi connectivity index (χ3n) is 5.74. The summed E-state index contributed by atoms with van der Waals surface area (Å²) in [7, 11) is 1.65. The number of amides is 1. The summed E-state index contributed by atoms with van der Waals surface area (Å²) in [5.74, 6) is 0.823. The van der Waals surface area contributed by atoms with Gasteiger partial charge in [-0.3, -0.25) is 4.79 Å². The van der Waals surface area contributed by atoms with E-state index in [2.05, 4.69) is 11.9 Å². The molecule has 3 aromatic rings. The molecule has 2 aromatic carbocycles. The summed E-state index contributed by atoms with van der Waals surface area (Å²) in [6, 6.07) is 13.7. The van der Waals surface area contributed by atoms with Gasteiger partial charge in [-0.2, -0.15) is 0 Å². The van der Waals surface area contributed by atoms with Crippen molar-refractivity contribution in [1.82, 2.24) is 14.5 Å². The molecule has 0 saturated carbocycles. The van der Waals surface area contributed by atoms with Crippen LogP contribution in [0.3, 0.4) is 0 Å². The van der Waals surface area contributed by atoms with Crippen LogP contribution in [0.15, 0.2) is 60.6 Å². The van der Waals surface area contributed by atoms with Gasteiger partial charge in [0.25, 0.3) is 0 Å². The number of aromatic nitrogens is 2. The largest absolute Gasteiger partial charge is 0.495 e. The van der Waals surface area contributed by atoms with Crippen LogP contribution in [0.4, 0.5) is 0 Å². The molecule has 2 heterocycles. The molecule has 1 atom stereocenters. The highest BCUT2D eigenvalue weighted by atomic mass is 35.5. The van der Waals surface area contributed by atoms with Crippen LogP contribution in [0, 0.1) is 6.92 Å². The number of aryl methyl sites for hydroxylation is 1. The molecule has 0 bridgehead atoms. The minimum Gasteiger partial charge on any atom is -0.495 e. The summed E-state index contributed by atoms with van der Waals surface area (Å²) in [6.45, 7) is 4.77. The number of hydrogen-bond donors (Lipinski definition) is 0. The number of piperidine rings is 1. The van der Waals surface area contributed by atoms with E-state index in [4.69, 9.17) is 16.3 Å². The minimum absolute atomic E-state index is 0.00476. The van der Waals surface area contributed by atoms with Crippen LogP contribution in [0.25, 0.3) is 11.8 Å². The van der Waals surface area contributed by atoms with Gasteiger partial charge >= 0.3 is 0 Å². The third kappa shape index (κ3) is 4.52. The molecular formula is C25H26ClN3O2. The average molecular weight is 436 g/mol. The van der Waals surface area contributed by atoms with Crippen LogP contribution in [0.2, 0.25) is 5.02 Å². The minimum atomic E-state index is -0.00476. The second-order valence-electron chi connectivity index (χ2n) is 7.85. The zero-order valence-corrected chi connectivity index (χ0v) is 18.8. The van der Waals surface area contributed by atoms with Crippen LogP contribution >= 0.6 is 11.6 Å². The Morgan fingerprint density at radius 1 is 1.19 bits per heavy atom. The Balaban J connectivity index is 1.59. The molecule has 0 aliphatic carbocycles. The zero-order valence-electron chi connectivity index (χ0n) is 18.0. The molecule has 1 amide bonds. The van der Waals surface area contributed by atoms with Crippen molar-refractivity contribution in [2.45, 2.75) is 32.7 Å². The monoisotopic (exact) mass is 435 g/mol. The number of carbonyl (C=O) groups excluding carboxylic acids is 1. The van der Waals surface area contributed by atoms with Gasteiger partial charge in [0.2, 0.25) is 5.91 Å². The van der Waals surface area contributed by atoms with Gasteiger partial charge in [0.15, 0.2) is 0 Å². The summed E-state index contributed by atoms with van der Waals surface area (Å²) in [5.41, 5.74) is 4.71. The molecule has 1 aromatic heterocycles. The molecular weight excluding hydrogens is 410 g/mol. The lowest BCUT2D eigenvalue weighted by molar-refractivity contribution is -0.130. The fourth-order valence-corrected chi connectivity index (χ4v) is 4.13. The Kier molecular flexibility index (Phi) is 6.14. The second-order valence-corrected chi connectivity index (χ2v) is 8.29. The lowest BCUT2D eigenvalue weighted by atomic mass is 9.97. The first-order chi connectivity index (χ1) is 15.0. The van der Waals surface area contributed by atoms with E-state index in [1.165, 1.54) is 0 Å². The Morgan fingerprint density at radius 2 is 1.97 bits per heavy atom. The maximum Gasteiger partial charge on any atom is 0.250 e. The number of imidazole rings is 1. The number of benzene rings is 2. The van der Waals surface area contributed by atoms with Crippen molar-refractivity contribution < 1.29 is 9.53 Å². The molecule has 0 spiro atoms. The van der Waals surface area contributed by atoms with E-state index in [9.17, 15) is 4.79 Å². The standard InChI is InChI=1S/C25H26ClN3O2/c1-17-15-28(16-27-17)23-11-6-19(14-24(23)31-3)13-21-5-4-12-29(25(21)30)18(2)20-7-9-22(26)10-8-20/h6-11,13-16,18H,4-5,12H2,1-3H3/b21-13+/t18-/m0/s1. The normalized spacial score (nSPS) is 16.6. The first kappa shape index (κ1) is 21.2. The zero-order chi connectivity index (χ0) is 22.0. The maximum atomic E-state index is 13.2. The third-order valence-corrected chi connectivity index (χ3v) is 5.99. The lowest BCUT2D eigenvalue weighted by Gasteiger charge is -2.34. The van der Waals surface area contributed by atoms with E-state index < -0.39 is 0 Å². The second kappa shape index (κ2) is 8.98. The number of rotatable bonds is 5. The first-order valence-electron chi connectivity index (χ1n) is 10.4. The summed E-state index contributed by atoms with van der Waals surface area (Å²) < 4.78 is 7.55. The molecule has 1 saturated heterocycles. The van der Waals surface area contributed by atoms with Crippen molar-refractivity contribution >= 4 is 23.6 Å². The Morgan fingerprint density at radius 3 is 2.65 bits per heavy atom. The summed E-state index contributed by atoms with van der Waals surface area (Å²) >= 11 is 6.02. The van der Waals surface area contributed by atoms with Gasteiger partial charge in [-0.25, -0.2) is 4.98 Å². The van der Waals surface area contributed by atoms with Crippen molar-refractivity contribution in [2.24, 2.45) is 0 Å². The van der Waals surface area contributed by atoms with Gasteiger partial charge in [-0.1, -0.05) is 29.8 Å². The van der Waals surface area contributed by atoms with Crippen LogP contribution in [-0.2, 0) is 4.79 Å². The molecule has 1 aliphatic heterocycles. The Bertz CT molecular complexity index is 1120. The van der Waals surface area contributed by atoms with Gasteiger partial charge in [0.1, 0.15) is 5.75 Å². The first-order valence-corrected chi connectivity index (χ1v) is 10.8. The molecule has 0 N–H and O–H groups in total. The van der Waals surface area contributed by atoms with E-state index in [0.717, 1.165) is 53.2 Å². The van der Waals surface area contributed by atoms with Gasteiger partial charge in [-0.15, -0.1) is 0 Å². The van der Waals surface area contributed by atoms with Crippen molar-refractivity contribution in [1.29, 1.82) is 0 Å². The number of ether oxygens (including phenoxy) is 1. The molecule has 6 heteroatoms. The van der Waals surface area contributed by atoms with Crippen LogP contribution in [0.1, 0.15) is 42.6 Å². The van der Waals surface area contributed by atoms with Crippen LogP contribution in [0.5, 0.6) is 5.75 Å². The molecule has 160 valence electrons. The SMILES string of the molecule is COc1cc(/C=C2\CCCN([C@@H](C)c3ccc(Cl)cc3)C2=O)ccc1-n1cnc(C)c1. The van der Waals surface area contributed by atoms with E-state index in [1.807, 2.05) is 71.1 Å². The summed E-state index contributed by atoms with van der Waals surface area (Å²) in [5, 5.41) is 0.699. The predicted octanol–water partition coefficient (Wildman–Crippen LogP) is 5.61. The van der Waals surface area contributed by atoms with E-state index >= 15 is 0 Å². The fourth-order valence-electron chi connectivity index (χ4n) is 4.01. The molecule has 0 unspecified atom stereocenters. The van der Waals surface area contributed by atoms with Gasteiger partial charge in [0, 0.05) is 23.3 Å². The Labute approximate surface area is 187 Å². The van der Waals surface area contributed by atoms with Crippen molar-refractivity contribution in [3.63, 3.8) is 0 Å². The van der Waals surface area contributed by atoms with Crippen molar-refractivity contribution in [3.8, 4) is 11.4 Å². The molecule has 1 fully saturated rings. The number of methoxy groups -OCH3 is 1. The van der Waals surface area contributed by atoms with Gasteiger partial charge in [0.05, 0.1) is 30.9 Å². The predicted molar refractivity (Wildman–Crippen MR) is 124 cm³/mol. The smallest absolute Gasteiger partial charge is 0.250 e. The lowest BCUT2D eigenvalue weighted by Crippen LogP contribution is -2.38. The van der Waals surface area contributed by atoms with E-state index in [0.29, 0.717) is 5.02 Å². The number of likely N-dealkylation sites (tertiary alicyclic amines) is 1. The molecule has 4 rings (SSSR count).